The molecule has 0 aliphatic rings. The zero-order valence-electron chi connectivity index (χ0n) is 20.8. The molecule has 0 spiro atoms. The summed E-state index contributed by atoms with van der Waals surface area (Å²) in [5, 5.41) is 14.1. The van der Waals surface area contributed by atoms with Gasteiger partial charge in [0.15, 0.2) is 11.0 Å². The summed E-state index contributed by atoms with van der Waals surface area (Å²) in [6.07, 6.45) is 1.59. The number of hydrogen-bond acceptors (Lipinski definition) is 6. The van der Waals surface area contributed by atoms with Crippen molar-refractivity contribution < 1.29 is 9.53 Å². The van der Waals surface area contributed by atoms with E-state index in [1.807, 2.05) is 114 Å². The summed E-state index contributed by atoms with van der Waals surface area (Å²) in [6.45, 7) is 0.475. The SMILES string of the molecule is O=C(CSc1nnc(-c2ccc(Cl)cc2)n1-c1ccccc1)N/N=C/c1cccc(OCc2ccccc2)c1. The van der Waals surface area contributed by atoms with Crippen LogP contribution in [0.4, 0.5) is 0 Å². The molecule has 0 saturated heterocycles. The number of carbonyl (C=O) groups is 1. The first-order valence-corrected chi connectivity index (χ1v) is 13.5. The van der Waals surface area contributed by atoms with Crippen LogP contribution in [0.15, 0.2) is 119 Å². The molecule has 0 radical (unpaired) electrons. The Bertz CT molecular complexity index is 1560. The van der Waals surface area contributed by atoms with Crippen LogP contribution in [-0.2, 0) is 11.4 Å². The van der Waals surface area contributed by atoms with Crippen molar-refractivity contribution in [3.8, 4) is 22.8 Å². The van der Waals surface area contributed by atoms with Crippen LogP contribution in [-0.4, -0.2) is 32.6 Å². The molecule has 39 heavy (non-hydrogen) atoms. The van der Waals surface area contributed by atoms with E-state index in [4.69, 9.17) is 16.3 Å². The smallest absolute Gasteiger partial charge is 0.250 e. The number of carbonyl (C=O) groups excluding carboxylic acids is 1. The lowest BCUT2D eigenvalue weighted by molar-refractivity contribution is -0.118. The maximum atomic E-state index is 12.6. The minimum atomic E-state index is -0.261. The van der Waals surface area contributed by atoms with Crippen molar-refractivity contribution in [2.45, 2.75) is 11.8 Å². The average molecular weight is 554 g/mol. The van der Waals surface area contributed by atoms with Crippen molar-refractivity contribution in [1.29, 1.82) is 0 Å². The maximum Gasteiger partial charge on any atom is 0.250 e. The summed E-state index contributed by atoms with van der Waals surface area (Å²) in [5.41, 5.74) is 6.24. The molecule has 0 fully saturated rings. The van der Waals surface area contributed by atoms with Gasteiger partial charge in [0.1, 0.15) is 12.4 Å². The van der Waals surface area contributed by atoms with Gasteiger partial charge in [-0.1, -0.05) is 84.0 Å². The summed E-state index contributed by atoms with van der Waals surface area (Å²) < 4.78 is 7.78. The van der Waals surface area contributed by atoms with Gasteiger partial charge in [0.05, 0.1) is 12.0 Å². The van der Waals surface area contributed by atoms with Gasteiger partial charge in [0.25, 0.3) is 5.91 Å². The van der Waals surface area contributed by atoms with Gasteiger partial charge < -0.3 is 4.74 Å². The van der Waals surface area contributed by atoms with Crippen LogP contribution >= 0.6 is 23.4 Å². The number of hydrogen-bond donors (Lipinski definition) is 1. The molecule has 7 nitrogen and oxygen atoms in total. The summed E-state index contributed by atoms with van der Waals surface area (Å²) in [6, 6.07) is 34.7. The van der Waals surface area contributed by atoms with Gasteiger partial charge >= 0.3 is 0 Å². The molecule has 0 unspecified atom stereocenters. The number of thioether (sulfide) groups is 1. The number of benzene rings is 4. The van der Waals surface area contributed by atoms with E-state index >= 15 is 0 Å². The highest BCUT2D eigenvalue weighted by molar-refractivity contribution is 7.99. The van der Waals surface area contributed by atoms with Gasteiger partial charge in [0.2, 0.25) is 0 Å². The average Bonchev–Trinajstić information content (AvgIpc) is 3.41. The van der Waals surface area contributed by atoms with Gasteiger partial charge in [0, 0.05) is 16.3 Å². The van der Waals surface area contributed by atoms with Crippen LogP contribution in [0.2, 0.25) is 5.02 Å². The number of nitrogens with zero attached hydrogens (tertiary/aromatic N) is 4. The Labute approximate surface area is 235 Å². The van der Waals surface area contributed by atoms with Crippen LogP contribution in [0.5, 0.6) is 5.75 Å². The van der Waals surface area contributed by atoms with Gasteiger partial charge in [-0.25, -0.2) is 5.43 Å². The molecular weight excluding hydrogens is 530 g/mol. The van der Waals surface area contributed by atoms with E-state index in [0.717, 1.165) is 28.1 Å². The third-order valence-corrected chi connectivity index (χ3v) is 6.77. The van der Waals surface area contributed by atoms with E-state index in [1.165, 1.54) is 11.8 Å². The van der Waals surface area contributed by atoms with Crippen molar-refractivity contribution in [3.63, 3.8) is 0 Å². The number of rotatable bonds is 10. The molecule has 0 saturated carbocycles. The Kier molecular flexibility index (Phi) is 8.68. The monoisotopic (exact) mass is 553 g/mol. The van der Waals surface area contributed by atoms with Crippen LogP contribution in [0.25, 0.3) is 17.1 Å². The third-order valence-electron chi connectivity index (χ3n) is 5.59. The number of ether oxygens (including phenoxy) is 1. The number of nitrogens with one attached hydrogen (secondary N) is 1. The highest BCUT2D eigenvalue weighted by Crippen LogP contribution is 2.28. The molecule has 4 aromatic carbocycles. The lowest BCUT2D eigenvalue weighted by Crippen LogP contribution is -2.20. The predicted octanol–water partition coefficient (Wildman–Crippen LogP) is 6.41. The van der Waals surface area contributed by atoms with Gasteiger partial charge in [-0.05, 0) is 59.7 Å². The van der Waals surface area contributed by atoms with Crippen molar-refractivity contribution in [3.05, 3.63) is 125 Å². The zero-order valence-corrected chi connectivity index (χ0v) is 22.3. The standard InChI is InChI=1S/C30H24ClN5O2S/c31-25-16-14-24(15-17-25)29-34-35-30(36(29)26-11-5-2-6-12-26)39-21-28(37)33-32-19-23-10-7-13-27(18-23)38-20-22-8-3-1-4-9-22/h1-19H,20-21H2,(H,33,37)/b32-19+. The highest BCUT2D eigenvalue weighted by Gasteiger charge is 2.17. The molecule has 1 amide bonds. The fourth-order valence-corrected chi connectivity index (χ4v) is 4.60. The highest BCUT2D eigenvalue weighted by atomic mass is 35.5. The first-order valence-electron chi connectivity index (χ1n) is 12.1. The normalized spacial score (nSPS) is 11.0. The van der Waals surface area contributed by atoms with E-state index in [2.05, 4.69) is 20.7 Å². The van der Waals surface area contributed by atoms with E-state index < -0.39 is 0 Å². The fraction of sp³-hybridized carbons (Fsp3) is 0.0667. The Morgan fingerprint density at radius 2 is 1.67 bits per heavy atom. The van der Waals surface area contributed by atoms with Crippen LogP contribution in [0, 0.1) is 0 Å². The van der Waals surface area contributed by atoms with Crippen LogP contribution in [0.3, 0.4) is 0 Å². The molecule has 9 heteroatoms. The van der Waals surface area contributed by atoms with Crippen molar-refractivity contribution in [1.82, 2.24) is 20.2 Å². The molecule has 5 rings (SSSR count). The van der Waals surface area contributed by atoms with E-state index in [1.54, 1.807) is 6.21 Å². The van der Waals surface area contributed by atoms with Gasteiger partial charge in [-0.2, -0.15) is 5.10 Å². The first kappa shape index (κ1) is 26.2. The second kappa shape index (κ2) is 12.9. The quantitative estimate of drug-likeness (QED) is 0.123. The second-order valence-corrected chi connectivity index (χ2v) is 9.79. The summed E-state index contributed by atoms with van der Waals surface area (Å²) >= 11 is 7.34. The second-order valence-electron chi connectivity index (χ2n) is 8.41. The predicted molar refractivity (Wildman–Crippen MR) is 155 cm³/mol. The van der Waals surface area contributed by atoms with E-state index in [9.17, 15) is 4.79 Å². The Balaban J connectivity index is 1.21. The zero-order chi connectivity index (χ0) is 26.9. The molecule has 1 aromatic heterocycles. The van der Waals surface area contributed by atoms with Crippen LogP contribution in [0.1, 0.15) is 11.1 Å². The lowest BCUT2D eigenvalue weighted by Gasteiger charge is -2.10. The Morgan fingerprint density at radius 1 is 0.923 bits per heavy atom. The number of aromatic nitrogens is 3. The molecule has 0 bridgehead atoms. The summed E-state index contributed by atoms with van der Waals surface area (Å²) in [5.74, 6) is 1.24. The molecule has 0 atom stereocenters. The molecule has 0 aliphatic carbocycles. The number of hydrazone groups is 1. The summed E-state index contributed by atoms with van der Waals surface area (Å²) in [4.78, 5) is 12.6. The minimum Gasteiger partial charge on any atom is -0.489 e. The third kappa shape index (κ3) is 7.13. The molecule has 5 aromatic rings. The van der Waals surface area contributed by atoms with Crippen molar-refractivity contribution in [2.75, 3.05) is 5.75 Å². The molecule has 1 heterocycles. The fourth-order valence-electron chi connectivity index (χ4n) is 3.73. The Hall–Kier alpha value is -4.40. The first-order chi connectivity index (χ1) is 19.2. The number of amides is 1. The molecular formula is C30H24ClN5O2S. The van der Waals surface area contributed by atoms with E-state index in [-0.39, 0.29) is 11.7 Å². The number of halogens is 1. The maximum absolute atomic E-state index is 12.6. The largest absolute Gasteiger partial charge is 0.489 e. The van der Waals surface area contributed by atoms with Crippen LogP contribution < -0.4 is 10.2 Å². The topological polar surface area (TPSA) is 81.4 Å². The molecule has 194 valence electrons. The van der Waals surface area contributed by atoms with Gasteiger partial charge in [-0.3, -0.25) is 9.36 Å². The minimum absolute atomic E-state index is 0.114. The number of para-hydroxylation sites is 1. The van der Waals surface area contributed by atoms with Crippen molar-refractivity contribution >= 4 is 35.5 Å². The Morgan fingerprint density at radius 3 is 2.44 bits per heavy atom. The van der Waals surface area contributed by atoms with Crippen molar-refractivity contribution in [2.24, 2.45) is 5.10 Å². The van der Waals surface area contributed by atoms with E-state index in [0.29, 0.717) is 22.6 Å². The lowest BCUT2D eigenvalue weighted by atomic mass is 10.2. The summed E-state index contributed by atoms with van der Waals surface area (Å²) in [7, 11) is 0. The molecule has 0 aliphatic heterocycles. The van der Waals surface area contributed by atoms with Gasteiger partial charge in [-0.15, -0.1) is 10.2 Å². The molecule has 1 N–H and O–H groups in total.